The maximum atomic E-state index is 12.1. The first-order chi connectivity index (χ1) is 11.1. The highest BCUT2D eigenvalue weighted by atomic mass is 16.1. The Morgan fingerprint density at radius 3 is 2.87 bits per heavy atom. The lowest BCUT2D eigenvalue weighted by atomic mass is 10.2. The molecular weight excluding hydrogens is 290 g/mol. The summed E-state index contributed by atoms with van der Waals surface area (Å²) in [6.07, 6.45) is 6.57. The van der Waals surface area contributed by atoms with E-state index in [1.54, 1.807) is 6.20 Å². The average Bonchev–Trinajstić information content (AvgIpc) is 2.96. The predicted octanol–water partition coefficient (Wildman–Crippen LogP) is 2.25. The maximum Gasteiger partial charge on any atom is 0.275 e. The van der Waals surface area contributed by atoms with Crippen LogP contribution < -0.4 is 5.32 Å². The average molecular weight is 309 g/mol. The number of rotatable bonds is 5. The van der Waals surface area contributed by atoms with Gasteiger partial charge in [-0.3, -0.25) is 9.78 Å². The van der Waals surface area contributed by atoms with Crippen LogP contribution in [-0.4, -0.2) is 46.0 Å². The van der Waals surface area contributed by atoms with Crippen LogP contribution in [0.25, 0.3) is 10.9 Å². The second-order valence-electron chi connectivity index (χ2n) is 5.63. The summed E-state index contributed by atoms with van der Waals surface area (Å²) in [5, 5.41) is 3.95. The van der Waals surface area contributed by atoms with Crippen LogP contribution in [0.1, 0.15) is 10.5 Å². The minimum Gasteiger partial charge on any atom is -0.346 e. The SMILES string of the molecule is CN(C)CCn1ccc2cc(NC(=O)c3cnccn3)ccc21. The summed E-state index contributed by atoms with van der Waals surface area (Å²) < 4.78 is 2.21. The van der Waals surface area contributed by atoms with Crippen molar-refractivity contribution in [2.75, 3.05) is 26.0 Å². The zero-order chi connectivity index (χ0) is 16.2. The highest BCUT2D eigenvalue weighted by Gasteiger charge is 2.08. The standard InChI is InChI=1S/C17H19N5O/c1-21(2)9-10-22-8-5-13-11-14(3-4-16(13)22)20-17(23)15-12-18-6-7-19-15/h3-8,11-12H,9-10H2,1-2H3,(H,20,23). The normalized spacial score (nSPS) is 11.1. The molecular formula is C17H19N5O. The highest BCUT2D eigenvalue weighted by molar-refractivity contribution is 6.03. The van der Waals surface area contributed by atoms with Crippen LogP contribution in [0.5, 0.6) is 0 Å². The van der Waals surface area contributed by atoms with Crippen molar-refractivity contribution in [3.63, 3.8) is 0 Å². The van der Waals surface area contributed by atoms with Crippen LogP contribution in [0, 0.1) is 0 Å². The van der Waals surface area contributed by atoms with Gasteiger partial charge in [-0.05, 0) is 38.4 Å². The zero-order valence-electron chi connectivity index (χ0n) is 13.2. The van der Waals surface area contributed by atoms with Crippen molar-refractivity contribution in [3.05, 3.63) is 54.7 Å². The monoisotopic (exact) mass is 309 g/mol. The zero-order valence-corrected chi connectivity index (χ0v) is 13.2. The molecule has 0 saturated carbocycles. The molecule has 0 fully saturated rings. The summed E-state index contributed by atoms with van der Waals surface area (Å²) in [6.45, 7) is 1.91. The molecule has 1 N–H and O–H groups in total. The van der Waals surface area contributed by atoms with E-state index in [2.05, 4.69) is 51.1 Å². The summed E-state index contributed by atoms with van der Waals surface area (Å²) in [4.78, 5) is 22.2. The van der Waals surface area contributed by atoms with Crippen molar-refractivity contribution in [3.8, 4) is 0 Å². The van der Waals surface area contributed by atoms with Gasteiger partial charge in [0.25, 0.3) is 5.91 Å². The molecule has 23 heavy (non-hydrogen) atoms. The number of nitrogens with one attached hydrogen (secondary N) is 1. The minimum absolute atomic E-state index is 0.260. The molecule has 0 bridgehead atoms. The lowest BCUT2D eigenvalue weighted by Gasteiger charge is -2.11. The first-order valence-corrected chi connectivity index (χ1v) is 7.44. The van der Waals surface area contributed by atoms with Crippen LogP contribution in [-0.2, 0) is 6.54 Å². The van der Waals surface area contributed by atoms with Gasteiger partial charge in [-0.15, -0.1) is 0 Å². The van der Waals surface area contributed by atoms with Crippen molar-refractivity contribution in [2.24, 2.45) is 0 Å². The molecule has 2 aromatic heterocycles. The molecule has 0 aliphatic rings. The van der Waals surface area contributed by atoms with Crippen molar-refractivity contribution >= 4 is 22.5 Å². The highest BCUT2D eigenvalue weighted by Crippen LogP contribution is 2.21. The number of hydrogen-bond donors (Lipinski definition) is 1. The summed E-state index contributed by atoms with van der Waals surface area (Å²) in [5.41, 5.74) is 2.21. The number of carbonyl (C=O) groups excluding carboxylic acids is 1. The van der Waals surface area contributed by atoms with E-state index in [1.807, 2.05) is 18.2 Å². The number of aromatic nitrogens is 3. The van der Waals surface area contributed by atoms with Crippen LogP contribution in [0.15, 0.2) is 49.1 Å². The molecule has 3 rings (SSSR count). The van der Waals surface area contributed by atoms with E-state index >= 15 is 0 Å². The Bertz CT molecular complexity index is 810. The number of nitrogens with zero attached hydrogens (tertiary/aromatic N) is 4. The number of carbonyl (C=O) groups is 1. The van der Waals surface area contributed by atoms with Crippen molar-refractivity contribution < 1.29 is 4.79 Å². The van der Waals surface area contributed by atoms with Gasteiger partial charge in [-0.25, -0.2) is 4.98 Å². The molecule has 6 heteroatoms. The molecule has 0 aliphatic carbocycles. The molecule has 0 saturated heterocycles. The molecule has 1 amide bonds. The Morgan fingerprint density at radius 2 is 2.13 bits per heavy atom. The van der Waals surface area contributed by atoms with Gasteiger partial charge in [0.05, 0.1) is 6.20 Å². The summed E-state index contributed by atoms with van der Waals surface area (Å²) in [7, 11) is 4.12. The third-order valence-corrected chi connectivity index (χ3v) is 3.61. The fourth-order valence-electron chi connectivity index (χ4n) is 2.39. The topological polar surface area (TPSA) is 63.0 Å². The first kappa shape index (κ1) is 15.2. The van der Waals surface area contributed by atoms with Gasteiger partial charge in [0.1, 0.15) is 5.69 Å². The van der Waals surface area contributed by atoms with E-state index < -0.39 is 0 Å². The Balaban J connectivity index is 1.77. The Hall–Kier alpha value is -2.73. The van der Waals surface area contributed by atoms with E-state index in [-0.39, 0.29) is 5.91 Å². The molecule has 6 nitrogen and oxygen atoms in total. The summed E-state index contributed by atoms with van der Waals surface area (Å²) in [6, 6.07) is 7.96. The maximum absolute atomic E-state index is 12.1. The van der Waals surface area contributed by atoms with E-state index in [0.29, 0.717) is 5.69 Å². The van der Waals surface area contributed by atoms with E-state index in [0.717, 1.165) is 29.7 Å². The molecule has 2 heterocycles. The lowest BCUT2D eigenvalue weighted by Crippen LogP contribution is -2.17. The van der Waals surface area contributed by atoms with Gasteiger partial charge in [-0.2, -0.15) is 0 Å². The second-order valence-corrected chi connectivity index (χ2v) is 5.63. The lowest BCUT2D eigenvalue weighted by molar-refractivity contribution is 0.102. The van der Waals surface area contributed by atoms with Crippen LogP contribution >= 0.6 is 0 Å². The van der Waals surface area contributed by atoms with Gasteiger partial charge < -0.3 is 14.8 Å². The summed E-state index contributed by atoms with van der Waals surface area (Å²) >= 11 is 0. The smallest absolute Gasteiger partial charge is 0.275 e. The molecule has 1 aromatic carbocycles. The number of anilines is 1. The van der Waals surface area contributed by atoms with E-state index in [4.69, 9.17) is 0 Å². The van der Waals surface area contributed by atoms with E-state index in [1.165, 1.54) is 12.4 Å². The molecule has 3 aromatic rings. The molecule has 0 spiro atoms. The number of likely N-dealkylation sites (N-methyl/N-ethyl adjacent to an activating group) is 1. The van der Waals surface area contributed by atoms with Gasteiger partial charge >= 0.3 is 0 Å². The fourth-order valence-corrected chi connectivity index (χ4v) is 2.39. The molecule has 118 valence electrons. The molecule has 0 unspecified atom stereocenters. The van der Waals surface area contributed by atoms with Crippen LogP contribution in [0.4, 0.5) is 5.69 Å². The number of hydrogen-bond acceptors (Lipinski definition) is 4. The Labute approximate surface area is 134 Å². The third-order valence-electron chi connectivity index (χ3n) is 3.61. The van der Waals surface area contributed by atoms with Crippen molar-refractivity contribution in [1.82, 2.24) is 19.4 Å². The van der Waals surface area contributed by atoms with Crippen molar-refractivity contribution in [2.45, 2.75) is 6.54 Å². The molecule has 0 atom stereocenters. The van der Waals surface area contributed by atoms with Crippen LogP contribution in [0.2, 0.25) is 0 Å². The van der Waals surface area contributed by atoms with Gasteiger partial charge in [0.2, 0.25) is 0 Å². The van der Waals surface area contributed by atoms with Gasteiger partial charge in [-0.1, -0.05) is 0 Å². The minimum atomic E-state index is -0.260. The van der Waals surface area contributed by atoms with Gasteiger partial charge in [0.15, 0.2) is 0 Å². The fraction of sp³-hybridized carbons (Fsp3) is 0.235. The first-order valence-electron chi connectivity index (χ1n) is 7.44. The quantitative estimate of drug-likeness (QED) is 0.785. The van der Waals surface area contributed by atoms with Crippen molar-refractivity contribution in [1.29, 1.82) is 0 Å². The number of benzene rings is 1. The van der Waals surface area contributed by atoms with Crippen LogP contribution in [0.3, 0.4) is 0 Å². The summed E-state index contributed by atoms with van der Waals surface area (Å²) in [5.74, 6) is -0.260. The van der Waals surface area contributed by atoms with Gasteiger partial charge in [0, 0.05) is 48.3 Å². The second kappa shape index (κ2) is 6.58. The Kier molecular flexibility index (Phi) is 4.34. The molecule has 0 aliphatic heterocycles. The number of fused-ring (bicyclic) bond motifs is 1. The Morgan fingerprint density at radius 1 is 1.26 bits per heavy atom. The molecule has 0 radical (unpaired) electrons. The third kappa shape index (κ3) is 3.54. The number of amides is 1. The predicted molar refractivity (Wildman–Crippen MR) is 90.5 cm³/mol. The van der Waals surface area contributed by atoms with E-state index in [9.17, 15) is 4.79 Å². The largest absolute Gasteiger partial charge is 0.346 e.